The topological polar surface area (TPSA) is 9.23 Å². The first kappa shape index (κ1) is 15.0. The molecule has 0 N–H and O–H groups in total. The van der Waals surface area contributed by atoms with Crippen molar-refractivity contribution >= 4 is 0 Å². The Labute approximate surface area is 111 Å². The fraction of sp³-hybridized carbons (Fsp3) is 0.538. The normalized spacial score (nSPS) is 19.5. The van der Waals surface area contributed by atoms with Crippen LogP contribution in [0.25, 0.3) is 0 Å². The van der Waals surface area contributed by atoms with Crippen LogP contribution in [0.5, 0.6) is 5.75 Å². The van der Waals surface area contributed by atoms with Crippen LogP contribution in [-0.4, -0.2) is 6.10 Å². The van der Waals surface area contributed by atoms with E-state index in [1.807, 2.05) is 0 Å². The maximum Gasteiger partial charge on any atom is 0.420 e. The van der Waals surface area contributed by atoms with Crippen molar-refractivity contribution in [2.75, 3.05) is 0 Å². The van der Waals surface area contributed by atoms with Crippen molar-refractivity contribution in [3.63, 3.8) is 0 Å². The molecule has 1 nitrogen and oxygen atoms in total. The Kier molecular flexibility index (Phi) is 3.42. The number of halogens is 6. The lowest BCUT2D eigenvalue weighted by Gasteiger charge is -2.29. The minimum absolute atomic E-state index is 0.181. The summed E-state index contributed by atoms with van der Waals surface area (Å²) < 4.78 is 83.2. The molecule has 0 saturated heterocycles. The fourth-order valence-electron chi connectivity index (χ4n) is 2.45. The molecule has 0 fully saturated rings. The zero-order valence-corrected chi connectivity index (χ0v) is 10.7. The SMILES string of the molecule is Cc1cc2c(c(C(F)(F)F)c1C(F)(F)F)OC(C)CC2. The Hall–Kier alpha value is -1.40. The third-order valence-corrected chi connectivity index (χ3v) is 3.26. The Morgan fingerprint density at radius 2 is 1.60 bits per heavy atom. The minimum atomic E-state index is -5.11. The molecule has 0 bridgehead atoms. The highest BCUT2D eigenvalue weighted by Gasteiger charge is 2.48. The van der Waals surface area contributed by atoms with Crippen LogP contribution in [0.4, 0.5) is 26.3 Å². The molecule has 1 atom stereocenters. The second-order valence-corrected chi connectivity index (χ2v) is 4.89. The summed E-state index contributed by atoms with van der Waals surface area (Å²) in [6.07, 6.45) is -9.97. The van der Waals surface area contributed by atoms with E-state index >= 15 is 0 Å². The van der Waals surface area contributed by atoms with Crippen LogP contribution in [0.3, 0.4) is 0 Å². The van der Waals surface area contributed by atoms with Crippen molar-refractivity contribution in [1.82, 2.24) is 0 Å². The van der Waals surface area contributed by atoms with Crippen LogP contribution in [-0.2, 0) is 18.8 Å². The van der Waals surface area contributed by atoms with Gasteiger partial charge in [0.2, 0.25) is 0 Å². The van der Waals surface area contributed by atoms with Gasteiger partial charge in [-0.25, -0.2) is 0 Å². The predicted molar refractivity (Wildman–Crippen MR) is 59.6 cm³/mol. The van der Waals surface area contributed by atoms with E-state index < -0.39 is 40.9 Å². The van der Waals surface area contributed by atoms with Gasteiger partial charge in [-0.05, 0) is 37.8 Å². The summed E-state index contributed by atoms with van der Waals surface area (Å²) in [5.41, 5.74) is -3.60. The zero-order chi connectivity index (χ0) is 15.3. The largest absolute Gasteiger partial charge is 0.490 e. The molecule has 1 aromatic carbocycles. The summed E-state index contributed by atoms with van der Waals surface area (Å²) >= 11 is 0. The lowest BCUT2D eigenvalue weighted by Crippen LogP contribution is -2.26. The van der Waals surface area contributed by atoms with E-state index in [0.29, 0.717) is 6.42 Å². The molecule has 112 valence electrons. The van der Waals surface area contributed by atoms with Crippen LogP contribution >= 0.6 is 0 Å². The second-order valence-electron chi connectivity index (χ2n) is 4.89. The summed E-state index contributed by atoms with van der Waals surface area (Å²) in [7, 11) is 0. The van der Waals surface area contributed by atoms with Gasteiger partial charge < -0.3 is 4.74 Å². The third kappa shape index (κ3) is 2.58. The number of hydrogen-bond donors (Lipinski definition) is 0. The molecular formula is C13H12F6O. The summed E-state index contributed by atoms with van der Waals surface area (Å²) in [4.78, 5) is 0. The molecule has 0 amide bonds. The Morgan fingerprint density at radius 1 is 1.05 bits per heavy atom. The molecule has 1 aromatic rings. The van der Waals surface area contributed by atoms with Gasteiger partial charge in [0.25, 0.3) is 0 Å². The van der Waals surface area contributed by atoms with Gasteiger partial charge in [0.05, 0.1) is 11.7 Å². The molecule has 1 unspecified atom stereocenters. The number of ether oxygens (including phenoxy) is 1. The molecule has 0 saturated carbocycles. The Bertz CT molecular complexity index is 529. The van der Waals surface area contributed by atoms with Crippen LogP contribution in [0.1, 0.15) is 35.6 Å². The van der Waals surface area contributed by atoms with Crippen molar-refractivity contribution in [2.24, 2.45) is 0 Å². The number of fused-ring (bicyclic) bond motifs is 1. The second kappa shape index (κ2) is 4.56. The molecule has 0 spiro atoms. The van der Waals surface area contributed by atoms with Gasteiger partial charge in [-0.15, -0.1) is 0 Å². The number of aryl methyl sites for hydroxylation is 2. The fourth-order valence-corrected chi connectivity index (χ4v) is 2.45. The van der Waals surface area contributed by atoms with E-state index in [9.17, 15) is 26.3 Å². The van der Waals surface area contributed by atoms with Crippen molar-refractivity contribution in [3.05, 3.63) is 28.3 Å². The third-order valence-electron chi connectivity index (χ3n) is 3.26. The zero-order valence-electron chi connectivity index (χ0n) is 10.7. The highest BCUT2D eigenvalue weighted by Crippen LogP contribution is 2.49. The minimum Gasteiger partial charge on any atom is -0.490 e. The van der Waals surface area contributed by atoms with Crippen LogP contribution in [0.2, 0.25) is 0 Å². The molecule has 1 aliphatic rings. The summed E-state index contributed by atoms with van der Waals surface area (Å²) in [5.74, 6) is -0.672. The smallest absolute Gasteiger partial charge is 0.420 e. The molecular weight excluding hydrogens is 286 g/mol. The van der Waals surface area contributed by atoms with E-state index in [1.165, 1.54) is 6.92 Å². The standard InChI is InChI=1S/C13H12F6O/c1-6-5-8-4-3-7(2)20-11(8)10(13(17,18)19)9(6)12(14,15)16/h5,7H,3-4H2,1-2H3. The first-order valence-electron chi connectivity index (χ1n) is 5.99. The van der Waals surface area contributed by atoms with E-state index in [4.69, 9.17) is 4.74 Å². The molecule has 1 aliphatic heterocycles. The predicted octanol–water partition coefficient (Wildman–Crippen LogP) is 4.75. The molecule has 2 rings (SSSR count). The molecule has 0 aliphatic carbocycles. The van der Waals surface area contributed by atoms with Gasteiger partial charge in [0.1, 0.15) is 11.3 Å². The maximum absolute atomic E-state index is 13.1. The molecule has 7 heteroatoms. The average molecular weight is 298 g/mol. The van der Waals surface area contributed by atoms with E-state index in [1.54, 1.807) is 0 Å². The Balaban J connectivity index is 2.79. The van der Waals surface area contributed by atoms with Gasteiger partial charge in [-0.3, -0.25) is 0 Å². The van der Waals surface area contributed by atoms with Crippen LogP contribution in [0, 0.1) is 6.92 Å². The maximum atomic E-state index is 13.1. The molecule has 0 radical (unpaired) electrons. The van der Waals surface area contributed by atoms with Gasteiger partial charge in [0, 0.05) is 0 Å². The quantitative estimate of drug-likeness (QED) is 0.628. The van der Waals surface area contributed by atoms with Gasteiger partial charge in [0.15, 0.2) is 0 Å². The molecule has 1 heterocycles. The molecule has 0 aromatic heterocycles. The summed E-state index contributed by atoms with van der Waals surface area (Å²) in [6.45, 7) is 2.58. The first-order valence-corrected chi connectivity index (χ1v) is 5.99. The molecule has 20 heavy (non-hydrogen) atoms. The summed E-state index contributed by atoms with van der Waals surface area (Å²) in [5, 5.41) is 0. The van der Waals surface area contributed by atoms with Crippen LogP contribution in [0.15, 0.2) is 6.07 Å². The van der Waals surface area contributed by atoms with E-state index in [-0.39, 0.29) is 12.0 Å². The van der Waals surface area contributed by atoms with Crippen LogP contribution < -0.4 is 4.74 Å². The first-order chi connectivity index (χ1) is 9.01. The average Bonchev–Trinajstić information content (AvgIpc) is 2.25. The number of hydrogen-bond acceptors (Lipinski definition) is 1. The van der Waals surface area contributed by atoms with Crippen molar-refractivity contribution in [2.45, 2.75) is 45.1 Å². The van der Waals surface area contributed by atoms with Crippen molar-refractivity contribution in [3.8, 4) is 5.75 Å². The van der Waals surface area contributed by atoms with E-state index in [2.05, 4.69) is 0 Å². The Morgan fingerprint density at radius 3 is 2.10 bits per heavy atom. The van der Waals surface area contributed by atoms with E-state index in [0.717, 1.165) is 13.0 Å². The highest BCUT2D eigenvalue weighted by molar-refractivity contribution is 5.54. The lowest BCUT2D eigenvalue weighted by molar-refractivity contribution is -0.163. The van der Waals surface area contributed by atoms with Gasteiger partial charge >= 0.3 is 12.4 Å². The van der Waals surface area contributed by atoms with Gasteiger partial charge in [-0.2, -0.15) is 26.3 Å². The lowest BCUT2D eigenvalue weighted by atomic mass is 9.91. The van der Waals surface area contributed by atoms with Gasteiger partial charge in [-0.1, -0.05) is 6.07 Å². The van der Waals surface area contributed by atoms with Crippen molar-refractivity contribution in [1.29, 1.82) is 0 Å². The number of rotatable bonds is 0. The highest BCUT2D eigenvalue weighted by atomic mass is 19.4. The summed E-state index contributed by atoms with van der Waals surface area (Å²) in [6, 6.07) is 1.14. The number of alkyl halides is 6. The van der Waals surface area contributed by atoms with Crippen molar-refractivity contribution < 1.29 is 31.1 Å². The number of benzene rings is 1. The monoisotopic (exact) mass is 298 g/mol.